The van der Waals surface area contributed by atoms with Gasteiger partial charge in [-0.3, -0.25) is 0 Å². The van der Waals surface area contributed by atoms with Gasteiger partial charge in [0.15, 0.2) is 0 Å². The molecule has 0 spiro atoms. The maximum Gasteiger partial charge on any atom is 0.0715 e. The van der Waals surface area contributed by atoms with Crippen LogP contribution in [-0.2, 0) is 0 Å². The van der Waals surface area contributed by atoms with Gasteiger partial charge in [0, 0.05) is 11.1 Å². The Morgan fingerprint density at radius 2 is 1.08 bits per heavy atom. The molecule has 0 saturated heterocycles. The van der Waals surface area contributed by atoms with Crippen LogP contribution in [0.4, 0.5) is 0 Å². The molecule has 3 aromatic carbocycles. The van der Waals surface area contributed by atoms with Gasteiger partial charge in [0.05, 0.1) is 11.4 Å². The summed E-state index contributed by atoms with van der Waals surface area (Å²) in [6.45, 7) is 4.31. The molecule has 0 aliphatic carbocycles. The largest absolute Gasteiger partial charge is 0.248 e. The summed E-state index contributed by atoms with van der Waals surface area (Å²) in [4.78, 5) is 4.95. The van der Waals surface area contributed by atoms with Gasteiger partial charge in [-0.25, -0.2) is 4.98 Å². The van der Waals surface area contributed by atoms with Crippen LogP contribution >= 0.6 is 0 Å². The Kier molecular flexibility index (Phi) is 4.37. The van der Waals surface area contributed by atoms with Crippen molar-refractivity contribution >= 4 is 0 Å². The van der Waals surface area contributed by atoms with Crippen molar-refractivity contribution in [2.45, 2.75) is 13.8 Å². The predicted molar refractivity (Wildman–Crippen MR) is 110 cm³/mol. The number of rotatable bonds is 3. The molecule has 126 valence electrons. The van der Waals surface area contributed by atoms with E-state index in [1.165, 1.54) is 22.3 Å². The molecular weight excluding hydrogens is 314 g/mol. The molecule has 1 aromatic heterocycles. The van der Waals surface area contributed by atoms with Crippen LogP contribution < -0.4 is 0 Å². The predicted octanol–water partition coefficient (Wildman–Crippen LogP) is 6.70. The Hall–Kier alpha value is -3.19. The minimum Gasteiger partial charge on any atom is -0.248 e. The molecule has 0 amide bonds. The van der Waals surface area contributed by atoms with Crippen LogP contribution in [0.2, 0.25) is 0 Å². The molecule has 0 unspecified atom stereocenters. The van der Waals surface area contributed by atoms with E-state index in [1.807, 2.05) is 12.1 Å². The fourth-order valence-corrected chi connectivity index (χ4v) is 3.25. The summed E-state index contributed by atoms with van der Waals surface area (Å²) in [6.07, 6.45) is 0. The van der Waals surface area contributed by atoms with Crippen LogP contribution in [0.25, 0.3) is 33.6 Å². The van der Waals surface area contributed by atoms with Crippen molar-refractivity contribution in [1.82, 2.24) is 4.98 Å². The molecule has 0 fully saturated rings. The van der Waals surface area contributed by atoms with E-state index in [0.717, 1.165) is 22.5 Å². The van der Waals surface area contributed by atoms with E-state index in [-0.39, 0.29) is 0 Å². The Morgan fingerprint density at radius 1 is 0.538 bits per heavy atom. The van der Waals surface area contributed by atoms with Crippen molar-refractivity contribution in [2.75, 3.05) is 0 Å². The average Bonchev–Trinajstić information content (AvgIpc) is 2.71. The zero-order chi connectivity index (χ0) is 17.9. The highest BCUT2D eigenvalue weighted by atomic mass is 14.7. The monoisotopic (exact) mass is 335 g/mol. The second-order valence-corrected chi connectivity index (χ2v) is 6.68. The van der Waals surface area contributed by atoms with E-state index in [2.05, 4.69) is 92.7 Å². The third kappa shape index (κ3) is 3.29. The molecule has 4 aromatic rings. The van der Waals surface area contributed by atoms with Crippen LogP contribution in [0.15, 0.2) is 91.0 Å². The molecule has 0 saturated carbocycles. The molecule has 0 N–H and O–H groups in total. The number of nitrogens with zero attached hydrogens (tertiary/aromatic N) is 1. The second-order valence-electron chi connectivity index (χ2n) is 6.68. The van der Waals surface area contributed by atoms with Gasteiger partial charge in [0.1, 0.15) is 0 Å². The normalized spacial score (nSPS) is 10.7. The minimum atomic E-state index is 1.00. The number of aryl methyl sites for hydroxylation is 2. The number of pyridine rings is 1. The molecule has 0 radical (unpaired) electrons. The zero-order valence-corrected chi connectivity index (χ0v) is 15.1. The maximum atomic E-state index is 4.95. The quantitative estimate of drug-likeness (QED) is 0.406. The Balaban J connectivity index is 1.95. The number of benzene rings is 3. The van der Waals surface area contributed by atoms with Crippen LogP contribution in [0.3, 0.4) is 0 Å². The molecule has 4 rings (SSSR count). The third-order valence-corrected chi connectivity index (χ3v) is 4.67. The summed E-state index contributed by atoms with van der Waals surface area (Å²) in [5.41, 5.74) is 9.30. The summed E-state index contributed by atoms with van der Waals surface area (Å²) < 4.78 is 0. The minimum absolute atomic E-state index is 1.00. The first kappa shape index (κ1) is 16.3. The average molecular weight is 335 g/mol. The van der Waals surface area contributed by atoms with E-state index in [0.29, 0.717) is 0 Å². The first-order valence-corrected chi connectivity index (χ1v) is 8.91. The van der Waals surface area contributed by atoms with E-state index >= 15 is 0 Å². The van der Waals surface area contributed by atoms with Crippen molar-refractivity contribution in [3.8, 4) is 33.6 Å². The smallest absolute Gasteiger partial charge is 0.0715 e. The van der Waals surface area contributed by atoms with Crippen molar-refractivity contribution < 1.29 is 0 Å². The van der Waals surface area contributed by atoms with Crippen LogP contribution in [0.5, 0.6) is 0 Å². The van der Waals surface area contributed by atoms with Crippen molar-refractivity contribution in [3.05, 3.63) is 102 Å². The molecule has 1 heterocycles. The Bertz CT molecular complexity index is 976. The van der Waals surface area contributed by atoms with Gasteiger partial charge in [-0.05, 0) is 42.7 Å². The lowest BCUT2D eigenvalue weighted by Gasteiger charge is -2.12. The van der Waals surface area contributed by atoms with Crippen LogP contribution in [0.1, 0.15) is 11.1 Å². The lowest BCUT2D eigenvalue weighted by molar-refractivity contribution is 1.31. The van der Waals surface area contributed by atoms with E-state index in [4.69, 9.17) is 4.98 Å². The van der Waals surface area contributed by atoms with Gasteiger partial charge in [-0.15, -0.1) is 0 Å². The van der Waals surface area contributed by atoms with Gasteiger partial charge in [-0.2, -0.15) is 0 Å². The van der Waals surface area contributed by atoms with Gasteiger partial charge < -0.3 is 0 Å². The molecule has 0 aliphatic heterocycles. The summed E-state index contributed by atoms with van der Waals surface area (Å²) >= 11 is 0. The number of hydrogen-bond acceptors (Lipinski definition) is 1. The second kappa shape index (κ2) is 6.97. The van der Waals surface area contributed by atoms with Gasteiger partial charge >= 0.3 is 0 Å². The first-order valence-electron chi connectivity index (χ1n) is 8.91. The van der Waals surface area contributed by atoms with E-state index < -0.39 is 0 Å². The first-order chi connectivity index (χ1) is 12.7. The number of aromatic nitrogens is 1. The van der Waals surface area contributed by atoms with E-state index in [9.17, 15) is 0 Å². The topological polar surface area (TPSA) is 12.9 Å². The number of hydrogen-bond donors (Lipinski definition) is 0. The van der Waals surface area contributed by atoms with Crippen LogP contribution in [-0.4, -0.2) is 4.98 Å². The standard InChI is InChI=1S/C25H21N/c1-18-13-14-19(2)23(15-18)22-16-24(20-9-5-3-6-10-20)26-25(17-22)21-11-7-4-8-12-21/h3-17H,1-2H3. The lowest BCUT2D eigenvalue weighted by atomic mass is 9.95. The summed E-state index contributed by atoms with van der Waals surface area (Å²) in [7, 11) is 0. The SMILES string of the molecule is Cc1ccc(C)c(-c2cc(-c3ccccc3)nc(-c3ccccc3)c2)c1. The van der Waals surface area contributed by atoms with Gasteiger partial charge in [0.25, 0.3) is 0 Å². The highest BCUT2D eigenvalue weighted by Gasteiger charge is 2.10. The van der Waals surface area contributed by atoms with Gasteiger partial charge in [-0.1, -0.05) is 84.4 Å². The van der Waals surface area contributed by atoms with Crippen molar-refractivity contribution in [1.29, 1.82) is 0 Å². The zero-order valence-electron chi connectivity index (χ0n) is 15.1. The van der Waals surface area contributed by atoms with Crippen molar-refractivity contribution in [2.24, 2.45) is 0 Å². The highest BCUT2D eigenvalue weighted by molar-refractivity contribution is 5.78. The fourth-order valence-electron chi connectivity index (χ4n) is 3.25. The summed E-state index contributed by atoms with van der Waals surface area (Å²) in [6, 6.07) is 31.8. The molecular formula is C25H21N. The maximum absolute atomic E-state index is 4.95. The van der Waals surface area contributed by atoms with E-state index in [1.54, 1.807) is 0 Å². The van der Waals surface area contributed by atoms with Gasteiger partial charge in [0.2, 0.25) is 0 Å². The summed E-state index contributed by atoms with van der Waals surface area (Å²) in [5.74, 6) is 0. The Morgan fingerprint density at radius 3 is 1.62 bits per heavy atom. The molecule has 1 nitrogen and oxygen atoms in total. The van der Waals surface area contributed by atoms with Crippen LogP contribution in [0, 0.1) is 13.8 Å². The Labute approximate surface area is 155 Å². The molecule has 0 atom stereocenters. The molecule has 0 bridgehead atoms. The molecule has 1 heteroatoms. The molecule has 26 heavy (non-hydrogen) atoms. The highest BCUT2D eigenvalue weighted by Crippen LogP contribution is 2.32. The van der Waals surface area contributed by atoms with Crippen molar-refractivity contribution in [3.63, 3.8) is 0 Å². The molecule has 0 aliphatic rings. The lowest BCUT2D eigenvalue weighted by Crippen LogP contribution is -1.92. The third-order valence-electron chi connectivity index (χ3n) is 4.67. The summed E-state index contributed by atoms with van der Waals surface area (Å²) in [5, 5.41) is 0. The fraction of sp³-hybridized carbons (Fsp3) is 0.0800.